The minimum absolute atomic E-state index is 0.187. The lowest BCUT2D eigenvalue weighted by molar-refractivity contribution is 0.102. The number of rotatable bonds is 2. The number of benzene rings is 3. The lowest BCUT2D eigenvalue weighted by Gasteiger charge is -2.06. The molecule has 0 aliphatic heterocycles. The highest BCUT2D eigenvalue weighted by molar-refractivity contribution is 6.07. The molecule has 5 nitrogen and oxygen atoms in total. The second kappa shape index (κ2) is 5.14. The van der Waals surface area contributed by atoms with Gasteiger partial charge in [0.05, 0.1) is 11.0 Å². The summed E-state index contributed by atoms with van der Waals surface area (Å²) in [4.78, 5) is 29.0. The molecule has 4 rings (SSSR count). The zero-order valence-electron chi connectivity index (χ0n) is 12.1. The largest absolute Gasteiger partial charge is 0.323 e. The molecule has 0 saturated heterocycles. The summed E-state index contributed by atoms with van der Waals surface area (Å²) in [5, 5.41) is 4.96. The van der Waals surface area contributed by atoms with Crippen LogP contribution in [0, 0.1) is 0 Å². The van der Waals surface area contributed by atoms with Crippen LogP contribution in [0.5, 0.6) is 0 Å². The Morgan fingerprint density at radius 1 is 0.826 bits per heavy atom. The van der Waals surface area contributed by atoms with Crippen molar-refractivity contribution in [3.8, 4) is 0 Å². The maximum atomic E-state index is 12.4. The van der Waals surface area contributed by atoms with Crippen LogP contribution in [0.15, 0.2) is 65.5 Å². The normalized spacial score (nSPS) is 11.0. The SMILES string of the molecule is O=C(Nc1ccc2[nH]c(=O)[nH]c2c1)c1ccc2ccccc2c1. The summed E-state index contributed by atoms with van der Waals surface area (Å²) in [5.41, 5.74) is 2.32. The first kappa shape index (κ1) is 13.3. The fourth-order valence-electron chi connectivity index (χ4n) is 2.64. The van der Waals surface area contributed by atoms with Crippen LogP contribution in [0.1, 0.15) is 10.4 Å². The number of aromatic nitrogens is 2. The van der Waals surface area contributed by atoms with Crippen molar-refractivity contribution in [2.45, 2.75) is 0 Å². The molecule has 0 aliphatic rings. The van der Waals surface area contributed by atoms with E-state index in [0.29, 0.717) is 22.3 Å². The van der Waals surface area contributed by atoms with E-state index in [-0.39, 0.29) is 11.6 Å². The molecular formula is C18H13N3O2. The summed E-state index contributed by atoms with van der Waals surface area (Å²) in [6, 6.07) is 18.7. The maximum absolute atomic E-state index is 12.4. The molecule has 0 aliphatic carbocycles. The van der Waals surface area contributed by atoms with E-state index in [4.69, 9.17) is 0 Å². The summed E-state index contributed by atoms with van der Waals surface area (Å²) in [6.45, 7) is 0. The molecule has 0 unspecified atom stereocenters. The first-order chi connectivity index (χ1) is 11.2. The maximum Gasteiger partial charge on any atom is 0.323 e. The first-order valence-corrected chi connectivity index (χ1v) is 7.21. The number of H-pyrrole nitrogens is 2. The molecule has 3 N–H and O–H groups in total. The summed E-state index contributed by atoms with van der Waals surface area (Å²) in [5.74, 6) is -0.187. The van der Waals surface area contributed by atoms with Crippen molar-refractivity contribution < 1.29 is 4.79 Å². The molecule has 5 heteroatoms. The Morgan fingerprint density at radius 2 is 1.61 bits per heavy atom. The van der Waals surface area contributed by atoms with E-state index in [1.54, 1.807) is 24.3 Å². The van der Waals surface area contributed by atoms with Crippen molar-refractivity contribution in [2.75, 3.05) is 5.32 Å². The predicted molar refractivity (Wildman–Crippen MR) is 90.8 cm³/mol. The van der Waals surface area contributed by atoms with Gasteiger partial charge in [0.2, 0.25) is 0 Å². The molecule has 0 radical (unpaired) electrons. The molecule has 0 atom stereocenters. The Balaban J connectivity index is 1.65. The van der Waals surface area contributed by atoms with Gasteiger partial charge in [0, 0.05) is 11.3 Å². The van der Waals surface area contributed by atoms with Gasteiger partial charge in [-0.25, -0.2) is 4.79 Å². The second-order valence-electron chi connectivity index (χ2n) is 5.36. The molecule has 0 bridgehead atoms. The predicted octanol–water partition coefficient (Wildman–Crippen LogP) is 3.26. The third-order valence-electron chi connectivity index (χ3n) is 3.79. The average Bonchev–Trinajstić information content (AvgIpc) is 2.93. The molecule has 1 heterocycles. The number of hydrogen-bond acceptors (Lipinski definition) is 2. The Morgan fingerprint density at radius 3 is 2.48 bits per heavy atom. The smallest absolute Gasteiger partial charge is 0.322 e. The van der Waals surface area contributed by atoms with Crippen molar-refractivity contribution in [3.63, 3.8) is 0 Å². The highest BCUT2D eigenvalue weighted by atomic mass is 16.2. The number of carbonyl (C=O) groups excluding carboxylic acids is 1. The lowest BCUT2D eigenvalue weighted by Crippen LogP contribution is -2.11. The average molecular weight is 303 g/mol. The van der Waals surface area contributed by atoms with Crippen LogP contribution >= 0.6 is 0 Å². The molecule has 3 aromatic carbocycles. The Bertz CT molecular complexity index is 1090. The van der Waals surface area contributed by atoms with E-state index >= 15 is 0 Å². The van der Waals surface area contributed by atoms with Crippen molar-refractivity contribution in [1.29, 1.82) is 0 Å². The number of amides is 1. The number of fused-ring (bicyclic) bond motifs is 2. The van der Waals surface area contributed by atoms with Gasteiger partial charge in [0.1, 0.15) is 0 Å². The van der Waals surface area contributed by atoms with Crippen molar-refractivity contribution in [3.05, 3.63) is 76.7 Å². The molecule has 112 valence electrons. The van der Waals surface area contributed by atoms with Crippen LogP contribution < -0.4 is 11.0 Å². The van der Waals surface area contributed by atoms with Gasteiger partial charge in [-0.05, 0) is 41.1 Å². The van der Waals surface area contributed by atoms with E-state index in [0.717, 1.165) is 10.8 Å². The monoisotopic (exact) mass is 303 g/mol. The van der Waals surface area contributed by atoms with Crippen LogP contribution in [0.25, 0.3) is 21.8 Å². The van der Waals surface area contributed by atoms with Gasteiger partial charge in [0.25, 0.3) is 5.91 Å². The number of nitrogens with one attached hydrogen (secondary N) is 3. The molecule has 0 fully saturated rings. The number of hydrogen-bond donors (Lipinski definition) is 3. The minimum Gasteiger partial charge on any atom is -0.322 e. The van der Waals surface area contributed by atoms with Gasteiger partial charge >= 0.3 is 5.69 Å². The van der Waals surface area contributed by atoms with Gasteiger partial charge in [-0.2, -0.15) is 0 Å². The fraction of sp³-hybridized carbons (Fsp3) is 0. The van der Waals surface area contributed by atoms with Gasteiger partial charge in [-0.3, -0.25) is 4.79 Å². The van der Waals surface area contributed by atoms with E-state index in [1.165, 1.54) is 0 Å². The Hall–Kier alpha value is -3.34. The summed E-state index contributed by atoms with van der Waals surface area (Å²) >= 11 is 0. The lowest BCUT2D eigenvalue weighted by atomic mass is 10.1. The second-order valence-corrected chi connectivity index (χ2v) is 5.36. The minimum atomic E-state index is -0.266. The topological polar surface area (TPSA) is 77.8 Å². The zero-order chi connectivity index (χ0) is 15.8. The molecule has 1 amide bonds. The van der Waals surface area contributed by atoms with E-state index in [1.807, 2.05) is 36.4 Å². The van der Waals surface area contributed by atoms with Gasteiger partial charge in [-0.1, -0.05) is 30.3 Å². The first-order valence-electron chi connectivity index (χ1n) is 7.21. The number of carbonyl (C=O) groups is 1. The van der Waals surface area contributed by atoms with Crippen LogP contribution in [0.3, 0.4) is 0 Å². The molecule has 0 saturated carbocycles. The standard InChI is InChI=1S/C18H13N3O2/c22-17(13-6-5-11-3-1-2-4-12(11)9-13)19-14-7-8-15-16(10-14)21-18(23)20-15/h1-10H,(H,19,22)(H2,20,21,23). The van der Waals surface area contributed by atoms with Crippen LogP contribution in [0.2, 0.25) is 0 Å². The molecule has 1 aromatic heterocycles. The Kier molecular flexibility index (Phi) is 2.98. The van der Waals surface area contributed by atoms with Crippen LogP contribution in [0.4, 0.5) is 5.69 Å². The van der Waals surface area contributed by atoms with Gasteiger partial charge < -0.3 is 15.3 Å². The third kappa shape index (κ3) is 2.48. The van der Waals surface area contributed by atoms with E-state index in [2.05, 4.69) is 15.3 Å². The van der Waals surface area contributed by atoms with Crippen molar-refractivity contribution >= 4 is 33.4 Å². The number of imidazole rings is 1. The number of aromatic amines is 2. The quantitative estimate of drug-likeness (QED) is 0.531. The van der Waals surface area contributed by atoms with Crippen LogP contribution in [-0.2, 0) is 0 Å². The fourth-order valence-corrected chi connectivity index (χ4v) is 2.64. The molecule has 0 spiro atoms. The van der Waals surface area contributed by atoms with Crippen molar-refractivity contribution in [2.24, 2.45) is 0 Å². The summed E-state index contributed by atoms with van der Waals surface area (Å²) in [6.07, 6.45) is 0. The van der Waals surface area contributed by atoms with E-state index in [9.17, 15) is 9.59 Å². The van der Waals surface area contributed by atoms with E-state index < -0.39 is 0 Å². The zero-order valence-corrected chi connectivity index (χ0v) is 12.1. The number of anilines is 1. The Labute approximate surface area is 131 Å². The molecule has 23 heavy (non-hydrogen) atoms. The molecule has 4 aromatic rings. The van der Waals surface area contributed by atoms with Gasteiger partial charge in [-0.15, -0.1) is 0 Å². The summed E-state index contributed by atoms with van der Waals surface area (Å²) < 4.78 is 0. The summed E-state index contributed by atoms with van der Waals surface area (Å²) in [7, 11) is 0. The highest BCUT2D eigenvalue weighted by Gasteiger charge is 2.08. The third-order valence-corrected chi connectivity index (χ3v) is 3.79. The molecular weight excluding hydrogens is 290 g/mol. The van der Waals surface area contributed by atoms with Crippen molar-refractivity contribution in [1.82, 2.24) is 9.97 Å². The van der Waals surface area contributed by atoms with Gasteiger partial charge in [0.15, 0.2) is 0 Å². The highest BCUT2D eigenvalue weighted by Crippen LogP contribution is 2.18. The van der Waals surface area contributed by atoms with Crippen LogP contribution in [-0.4, -0.2) is 15.9 Å².